The molecule has 2 aliphatic rings. The molecule has 1 amide bonds. The van der Waals surface area contributed by atoms with Crippen molar-refractivity contribution >= 4 is 34.7 Å². The molecule has 3 aromatic rings. The van der Waals surface area contributed by atoms with E-state index in [4.69, 9.17) is 11.6 Å². The number of fused-ring (bicyclic) bond motifs is 4. The first-order valence-corrected chi connectivity index (χ1v) is 8.63. The molecule has 0 bridgehead atoms. The third kappa shape index (κ3) is 2.16. The van der Waals surface area contributed by atoms with E-state index in [1.807, 2.05) is 24.3 Å². The van der Waals surface area contributed by atoms with Crippen LogP contribution in [0.2, 0.25) is 5.02 Å². The number of hydrogen-bond acceptors (Lipinski definition) is 6. The number of rotatable bonds is 2. The molecule has 0 radical (unpaired) electrons. The van der Waals surface area contributed by atoms with E-state index in [1.54, 1.807) is 12.3 Å². The molecular weight excluding hydrogens is 368 g/mol. The maximum absolute atomic E-state index is 13.3. The highest BCUT2D eigenvalue weighted by atomic mass is 35.5. The van der Waals surface area contributed by atoms with Crippen molar-refractivity contribution in [3.63, 3.8) is 0 Å². The highest BCUT2D eigenvalue weighted by molar-refractivity contribution is 6.34. The fraction of sp³-hybridized carbons (Fsp3) is 0.111. The molecule has 1 atom stereocenters. The lowest BCUT2D eigenvalue weighted by molar-refractivity contribution is 0.0941. The van der Waals surface area contributed by atoms with Crippen molar-refractivity contribution in [3.8, 4) is 0 Å². The smallest absolute Gasteiger partial charge is 0.277 e. The number of para-hydroxylation sites is 1. The second kappa shape index (κ2) is 5.55. The monoisotopic (exact) mass is 380 g/mol. The van der Waals surface area contributed by atoms with Crippen LogP contribution in [-0.4, -0.2) is 27.0 Å². The Hall–Kier alpha value is -3.39. The van der Waals surface area contributed by atoms with Gasteiger partial charge in [-0.05, 0) is 18.2 Å². The predicted molar refractivity (Wildman–Crippen MR) is 101 cm³/mol. The van der Waals surface area contributed by atoms with Crippen LogP contribution in [0.1, 0.15) is 16.1 Å². The van der Waals surface area contributed by atoms with E-state index >= 15 is 0 Å². The summed E-state index contributed by atoms with van der Waals surface area (Å²) in [5.74, 6) is 0.0687. The van der Waals surface area contributed by atoms with Crippen molar-refractivity contribution in [1.82, 2.24) is 19.9 Å². The van der Waals surface area contributed by atoms with E-state index in [9.17, 15) is 9.59 Å². The molecule has 1 unspecified atom stereocenters. The standard InChI is InChI=1S/C18H13ClN6O2/c19-11-7-13(23-14-5-6-20-9-22-14)17(27)25-15(11)16(26)24-18(25)8-21-12-4-2-1-3-10(12)18/h1-7,9,21H,8H2,(H,24,26)(H,20,22,23). The molecule has 3 N–H and O–H groups in total. The van der Waals surface area contributed by atoms with Gasteiger partial charge in [0.25, 0.3) is 11.5 Å². The predicted octanol–water partition coefficient (Wildman–Crippen LogP) is 1.91. The number of carbonyl (C=O) groups excluding carboxylic acids is 1. The minimum Gasteiger partial charge on any atom is -0.380 e. The highest BCUT2D eigenvalue weighted by Crippen LogP contribution is 2.40. The minimum absolute atomic E-state index is 0.147. The van der Waals surface area contributed by atoms with Gasteiger partial charge in [-0.2, -0.15) is 0 Å². The van der Waals surface area contributed by atoms with Gasteiger partial charge >= 0.3 is 0 Å². The fourth-order valence-electron chi connectivity index (χ4n) is 3.68. The van der Waals surface area contributed by atoms with Crippen LogP contribution in [0.5, 0.6) is 0 Å². The first kappa shape index (κ1) is 15.8. The quantitative estimate of drug-likeness (QED) is 0.627. The number of halogens is 1. The van der Waals surface area contributed by atoms with Crippen LogP contribution in [-0.2, 0) is 5.66 Å². The summed E-state index contributed by atoms with van der Waals surface area (Å²) in [6.07, 6.45) is 2.93. The van der Waals surface area contributed by atoms with Crippen LogP contribution in [0.3, 0.4) is 0 Å². The van der Waals surface area contributed by atoms with Crippen LogP contribution in [0.25, 0.3) is 0 Å². The van der Waals surface area contributed by atoms with Gasteiger partial charge in [-0.1, -0.05) is 29.8 Å². The van der Waals surface area contributed by atoms with E-state index in [2.05, 4.69) is 25.9 Å². The van der Waals surface area contributed by atoms with Gasteiger partial charge in [-0.15, -0.1) is 0 Å². The number of aromatic nitrogens is 3. The number of pyridine rings is 1. The molecule has 0 fully saturated rings. The van der Waals surface area contributed by atoms with E-state index in [1.165, 1.54) is 17.0 Å². The molecule has 1 spiro atoms. The maximum atomic E-state index is 13.3. The topological polar surface area (TPSA) is 101 Å². The second-order valence-electron chi connectivity index (χ2n) is 6.33. The molecule has 0 aliphatic carbocycles. The number of nitrogens with zero attached hydrogens (tertiary/aromatic N) is 3. The van der Waals surface area contributed by atoms with Crippen molar-refractivity contribution < 1.29 is 4.79 Å². The van der Waals surface area contributed by atoms with E-state index < -0.39 is 5.66 Å². The largest absolute Gasteiger partial charge is 0.380 e. The van der Waals surface area contributed by atoms with Gasteiger partial charge < -0.3 is 16.0 Å². The lowest BCUT2D eigenvalue weighted by atomic mass is 10.0. The lowest BCUT2D eigenvalue weighted by Gasteiger charge is -2.27. The Morgan fingerprint density at radius 1 is 1.22 bits per heavy atom. The molecule has 27 heavy (non-hydrogen) atoms. The third-order valence-corrected chi connectivity index (χ3v) is 5.11. The molecule has 2 aliphatic heterocycles. The summed E-state index contributed by atoms with van der Waals surface area (Å²) in [6.45, 7) is 0.346. The number of benzene rings is 1. The highest BCUT2D eigenvalue weighted by Gasteiger charge is 2.50. The Morgan fingerprint density at radius 2 is 2.07 bits per heavy atom. The molecule has 9 heteroatoms. The summed E-state index contributed by atoms with van der Waals surface area (Å²) >= 11 is 6.38. The molecule has 134 valence electrons. The summed E-state index contributed by atoms with van der Waals surface area (Å²) in [5.41, 5.74) is 0.658. The molecule has 8 nitrogen and oxygen atoms in total. The SMILES string of the molecule is O=C1NC2(CNc3ccccc32)n2c1c(Cl)cc(Nc1ccncn1)c2=O. The molecule has 0 saturated carbocycles. The number of amides is 1. The Balaban J connectivity index is 1.73. The first-order valence-electron chi connectivity index (χ1n) is 8.25. The normalized spacial score (nSPS) is 19.4. The van der Waals surface area contributed by atoms with Gasteiger partial charge in [-0.25, -0.2) is 9.97 Å². The average Bonchev–Trinajstić information content (AvgIpc) is 3.19. The van der Waals surface area contributed by atoms with Crippen LogP contribution >= 0.6 is 11.6 Å². The van der Waals surface area contributed by atoms with Crippen molar-refractivity contribution in [3.05, 3.63) is 75.6 Å². The first-order chi connectivity index (χ1) is 13.1. The number of anilines is 3. The lowest BCUT2D eigenvalue weighted by Crippen LogP contribution is -2.50. The Labute approximate surface area is 158 Å². The molecule has 1 aromatic carbocycles. The number of nitrogens with one attached hydrogen (secondary N) is 3. The van der Waals surface area contributed by atoms with Crippen LogP contribution in [0.4, 0.5) is 17.2 Å². The zero-order valence-corrected chi connectivity index (χ0v) is 14.6. The van der Waals surface area contributed by atoms with Crippen LogP contribution in [0, 0.1) is 0 Å². The van der Waals surface area contributed by atoms with Gasteiger partial charge in [0.1, 0.15) is 23.5 Å². The van der Waals surface area contributed by atoms with Crippen LogP contribution in [0.15, 0.2) is 53.7 Å². The second-order valence-corrected chi connectivity index (χ2v) is 6.74. The van der Waals surface area contributed by atoms with Gasteiger partial charge in [0.05, 0.1) is 11.6 Å². The third-order valence-electron chi connectivity index (χ3n) is 4.82. The van der Waals surface area contributed by atoms with E-state index in [-0.39, 0.29) is 27.9 Å². The van der Waals surface area contributed by atoms with Crippen molar-refractivity contribution in [2.45, 2.75) is 5.66 Å². The summed E-state index contributed by atoms with van der Waals surface area (Å²) in [6, 6.07) is 10.6. The number of hydrogen-bond donors (Lipinski definition) is 3. The molecule has 4 heterocycles. The summed E-state index contributed by atoms with van der Waals surface area (Å²) in [5, 5.41) is 9.34. The summed E-state index contributed by atoms with van der Waals surface area (Å²) in [4.78, 5) is 33.9. The molecule has 0 saturated heterocycles. The van der Waals surface area contributed by atoms with E-state index in [0.717, 1.165) is 11.3 Å². The Kier molecular flexibility index (Phi) is 3.26. The van der Waals surface area contributed by atoms with Gasteiger partial charge in [-0.3, -0.25) is 14.2 Å². The maximum Gasteiger partial charge on any atom is 0.277 e. The average molecular weight is 381 g/mol. The van der Waals surface area contributed by atoms with Gasteiger partial charge in [0.15, 0.2) is 5.66 Å². The minimum atomic E-state index is -1.02. The molecular formula is C18H13ClN6O2. The fourth-order valence-corrected chi connectivity index (χ4v) is 3.96. The zero-order chi connectivity index (χ0) is 18.6. The summed E-state index contributed by atoms with van der Waals surface area (Å²) in [7, 11) is 0. The van der Waals surface area contributed by atoms with Gasteiger partial charge in [0, 0.05) is 17.4 Å². The Bertz CT molecular complexity index is 1150. The zero-order valence-electron chi connectivity index (χ0n) is 13.9. The van der Waals surface area contributed by atoms with Crippen molar-refractivity contribution in [2.75, 3.05) is 17.2 Å². The van der Waals surface area contributed by atoms with Crippen molar-refractivity contribution in [2.24, 2.45) is 0 Å². The van der Waals surface area contributed by atoms with Gasteiger partial charge in [0.2, 0.25) is 0 Å². The summed E-state index contributed by atoms with van der Waals surface area (Å²) < 4.78 is 1.43. The Morgan fingerprint density at radius 3 is 2.89 bits per heavy atom. The van der Waals surface area contributed by atoms with Crippen molar-refractivity contribution in [1.29, 1.82) is 0 Å². The molecule has 5 rings (SSSR count). The number of carbonyl (C=O) groups is 1. The molecule has 2 aromatic heterocycles. The van der Waals surface area contributed by atoms with E-state index in [0.29, 0.717) is 12.4 Å². The van der Waals surface area contributed by atoms with Crippen LogP contribution < -0.4 is 21.5 Å².